The summed E-state index contributed by atoms with van der Waals surface area (Å²) in [6.07, 6.45) is 6.25. The fourth-order valence-electron chi connectivity index (χ4n) is 9.11. The van der Waals surface area contributed by atoms with Gasteiger partial charge in [0.1, 0.15) is 5.75 Å². The van der Waals surface area contributed by atoms with Crippen LogP contribution in [0, 0.1) is 5.41 Å². The van der Waals surface area contributed by atoms with Crippen molar-refractivity contribution in [2.45, 2.75) is 82.8 Å². The maximum Gasteiger partial charge on any atom is 0.319 e. The number of urea groups is 1. The number of piperazine rings is 1. The van der Waals surface area contributed by atoms with Gasteiger partial charge in [-0.3, -0.25) is 9.59 Å². The first-order chi connectivity index (χ1) is 24.2. The van der Waals surface area contributed by atoms with Crippen molar-refractivity contribution in [3.05, 3.63) is 53.1 Å². The van der Waals surface area contributed by atoms with Crippen LogP contribution in [0.1, 0.15) is 85.7 Å². The van der Waals surface area contributed by atoms with Crippen LogP contribution in [-0.4, -0.2) is 110 Å². The smallest absolute Gasteiger partial charge is 0.319 e. The number of carbonyl (C=O) groups is 3. The molecular formula is C38H50N6O6S. The Bertz CT molecular complexity index is 2010. The van der Waals surface area contributed by atoms with E-state index in [0.717, 1.165) is 63.5 Å². The third-order valence-electron chi connectivity index (χ3n) is 11.7. The van der Waals surface area contributed by atoms with Crippen molar-refractivity contribution >= 4 is 39.0 Å². The number of hydrogen-bond donors (Lipinski definition) is 1. The minimum Gasteiger partial charge on any atom is -0.497 e. The fourth-order valence-corrected chi connectivity index (χ4v) is 9.64. The molecule has 1 N–H and O–H groups in total. The number of aromatic nitrogens is 1. The van der Waals surface area contributed by atoms with E-state index in [0.29, 0.717) is 32.0 Å². The zero-order chi connectivity index (χ0) is 36.6. The molecular weight excluding hydrogens is 669 g/mol. The Morgan fingerprint density at radius 2 is 1.63 bits per heavy atom. The van der Waals surface area contributed by atoms with Gasteiger partial charge >= 0.3 is 16.2 Å². The molecule has 51 heavy (non-hydrogen) atoms. The molecule has 4 aliphatic rings. The lowest BCUT2D eigenvalue weighted by Crippen LogP contribution is -2.62. The van der Waals surface area contributed by atoms with Gasteiger partial charge in [0, 0.05) is 87.9 Å². The lowest BCUT2D eigenvalue weighted by molar-refractivity contribution is -0.145. The molecule has 4 atom stereocenters. The van der Waals surface area contributed by atoms with Gasteiger partial charge in [-0.15, -0.1) is 0 Å². The molecule has 2 aromatic carbocycles. The average Bonchev–Trinajstić information content (AvgIpc) is 3.77. The molecule has 13 heteroatoms. The van der Waals surface area contributed by atoms with Crippen LogP contribution in [0.25, 0.3) is 22.2 Å². The zero-order valence-electron chi connectivity index (χ0n) is 30.7. The molecule has 2 aliphatic carbocycles. The van der Waals surface area contributed by atoms with Crippen LogP contribution < -0.4 is 9.46 Å². The molecule has 1 saturated heterocycles. The molecule has 274 valence electrons. The van der Waals surface area contributed by atoms with E-state index in [-0.39, 0.29) is 35.5 Å². The maximum absolute atomic E-state index is 15.1. The van der Waals surface area contributed by atoms with E-state index in [2.05, 4.69) is 21.4 Å². The van der Waals surface area contributed by atoms with Crippen LogP contribution in [-0.2, 0) is 21.5 Å². The van der Waals surface area contributed by atoms with Crippen molar-refractivity contribution in [2.24, 2.45) is 5.41 Å². The molecule has 1 aromatic heterocycles. The van der Waals surface area contributed by atoms with Gasteiger partial charge in [-0.1, -0.05) is 25.3 Å². The topological polar surface area (TPSA) is 124 Å². The summed E-state index contributed by atoms with van der Waals surface area (Å²) in [5.74, 6) is 0.385. The summed E-state index contributed by atoms with van der Waals surface area (Å²) in [4.78, 5) is 46.9. The van der Waals surface area contributed by atoms with Gasteiger partial charge in [0.2, 0.25) is 5.91 Å². The zero-order valence-corrected chi connectivity index (χ0v) is 31.5. The van der Waals surface area contributed by atoms with Crippen molar-refractivity contribution in [3.63, 3.8) is 0 Å². The highest BCUT2D eigenvalue weighted by Crippen LogP contribution is 2.66. The Balaban J connectivity index is 1.39. The summed E-state index contributed by atoms with van der Waals surface area (Å²) >= 11 is 0. The third-order valence-corrected chi connectivity index (χ3v) is 13.1. The van der Waals surface area contributed by atoms with E-state index in [9.17, 15) is 18.0 Å². The van der Waals surface area contributed by atoms with E-state index >= 15 is 4.79 Å². The number of nitrogens with zero attached hydrogens (tertiary/aromatic N) is 5. The van der Waals surface area contributed by atoms with Crippen molar-refractivity contribution < 1.29 is 27.5 Å². The van der Waals surface area contributed by atoms with Crippen LogP contribution in [0.2, 0.25) is 0 Å². The Labute approximate surface area is 300 Å². The SMILES string of the molecule is COc1ccc2c(c1)[C@@H]1C[C@]1(C(=O)N1C(C)CN(C(=O)N(C)C)C[C@@H]1C)Cn1c-2c(C2CCCCC2)c2ccc(C(=O)NS(=O)(=O)N(C)C)cc21. The number of fused-ring (bicyclic) bond motifs is 7. The second-order valence-electron chi connectivity index (χ2n) is 15.5. The summed E-state index contributed by atoms with van der Waals surface area (Å²) in [6, 6.07) is 11.3. The van der Waals surface area contributed by atoms with Crippen LogP contribution in [0.5, 0.6) is 5.75 Å². The molecule has 2 saturated carbocycles. The summed E-state index contributed by atoms with van der Waals surface area (Å²) < 4.78 is 36.4. The minimum absolute atomic E-state index is 0.0400. The standard InChI is InChI=1S/C38H50N6O6S/c1-23-20-42(37(47)40(3)4)21-24(2)44(23)36(46)38-19-31(38)30-18-27(50-7)14-16-28(30)34-33(25-11-9-8-10-12-25)29-15-13-26(17-32(29)43(34)22-38)35(45)39-51(48,49)41(5)6/h13-18,23-25,31H,8-12,19-22H2,1-7H3,(H,39,45)/t23-,24?,31-,38-/m0/s1. The van der Waals surface area contributed by atoms with Gasteiger partial charge in [-0.25, -0.2) is 9.52 Å². The number of amides is 4. The van der Waals surface area contributed by atoms with Gasteiger partial charge in [-0.2, -0.15) is 12.7 Å². The van der Waals surface area contributed by atoms with E-state index in [1.807, 2.05) is 35.8 Å². The Morgan fingerprint density at radius 3 is 2.25 bits per heavy atom. The Hall–Kier alpha value is -4.10. The molecule has 0 spiro atoms. The minimum atomic E-state index is -4.00. The molecule has 0 bridgehead atoms. The van der Waals surface area contributed by atoms with Crippen molar-refractivity contribution in [1.82, 2.24) is 28.3 Å². The van der Waals surface area contributed by atoms with Gasteiger partial charge in [-0.05, 0) is 80.5 Å². The highest BCUT2D eigenvalue weighted by Gasteiger charge is 2.65. The van der Waals surface area contributed by atoms with Crippen molar-refractivity contribution in [1.29, 1.82) is 0 Å². The second-order valence-corrected chi connectivity index (χ2v) is 17.4. The number of carbonyl (C=O) groups excluding carboxylic acids is 3. The predicted molar refractivity (Wildman–Crippen MR) is 196 cm³/mol. The first-order valence-electron chi connectivity index (χ1n) is 18.1. The molecule has 3 heterocycles. The highest BCUT2D eigenvalue weighted by molar-refractivity contribution is 7.87. The van der Waals surface area contributed by atoms with Crippen molar-refractivity contribution in [3.8, 4) is 17.0 Å². The second kappa shape index (κ2) is 12.8. The predicted octanol–water partition coefficient (Wildman–Crippen LogP) is 4.99. The van der Waals surface area contributed by atoms with E-state index in [1.54, 1.807) is 38.2 Å². The maximum atomic E-state index is 15.1. The highest BCUT2D eigenvalue weighted by atomic mass is 32.2. The summed E-state index contributed by atoms with van der Waals surface area (Å²) in [5, 5.41) is 1.03. The molecule has 2 aliphatic heterocycles. The molecule has 7 rings (SSSR count). The Kier molecular flexibility index (Phi) is 8.89. The largest absolute Gasteiger partial charge is 0.497 e. The first kappa shape index (κ1) is 35.3. The summed E-state index contributed by atoms with van der Waals surface area (Å²) in [6.45, 7) is 5.38. The number of ether oxygens (including phenoxy) is 1. The van der Waals surface area contributed by atoms with Gasteiger partial charge in [0.15, 0.2) is 0 Å². The number of benzene rings is 2. The first-order valence-corrected chi connectivity index (χ1v) is 19.5. The molecule has 3 fully saturated rings. The van der Waals surface area contributed by atoms with Gasteiger partial charge in [0.25, 0.3) is 5.91 Å². The van der Waals surface area contributed by atoms with Gasteiger partial charge < -0.3 is 24.0 Å². The number of methoxy groups -OCH3 is 1. The number of rotatable bonds is 6. The van der Waals surface area contributed by atoms with E-state index < -0.39 is 21.5 Å². The van der Waals surface area contributed by atoms with Crippen molar-refractivity contribution in [2.75, 3.05) is 48.4 Å². The van der Waals surface area contributed by atoms with Crippen LogP contribution in [0.15, 0.2) is 36.4 Å². The Morgan fingerprint density at radius 1 is 0.941 bits per heavy atom. The third kappa shape index (κ3) is 5.86. The molecule has 3 aromatic rings. The molecule has 0 radical (unpaired) electrons. The average molecular weight is 719 g/mol. The monoisotopic (exact) mass is 718 g/mol. The van der Waals surface area contributed by atoms with Crippen LogP contribution in [0.3, 0.4) is 0 Å². The quantitative estimate of drug-likeness (QED) is 0.383. The van der Waals surface area contributed by atoms with Crippen LogP contribution >= 0.6 is 0 Å². The van der Waals surface area contributed by atoms with E-state index in [1.165, 1.54) is 26.1 Å². The molecule has 4 amide bonds. The molecule has 1 unspecified atom stereocenters. The fraction of sp³-hybridized carbons (Fsp3) is 0.553. The number of nitrogens with one attached hydrogen (secondary N) is 1. The normalized spacial score (nSPS) is 24.7. The summed E-state index contributed by atoms with van der Waals surface area (Å²) in [7, 11) is 3.90. The van der Waals surface area contributed by atoms with E-state index in [4.69, 9.17) is 4.74 Å². The molecule has 12 nitrogen and oxygen atoms in total. The number of hydrogen-bond acceptors (Lipinski definition) is 6. The summed E-state index contributed by atoms with van der Waals surface area (Å²) in [5.41, 5.74) is 4.81. The van der Waals surface area contributed by atoms with Crippen LogP contribution in [0.4, 0.5) is 4.79 Å². The van der Waals surface area contributed by atoms with Gasteiger partial charge in [0.05, 0.1) is 18.2 Å². The lowest BCUT2D eigenvalue weighted by atomic mass is 9.81. The lowest BCUT2D eigenvalue weighted by Gasteiger charge is -2.46.